The second kappa shape index (κ2) is 7.80. The summed E-state index contributed by atoms with van der Waals surface area (Å²) in [5.74, 6) is 0. The van der Waals surface area contributed by atoms with Crippen molar-refractivity contribution in [1.82, 2.24) is 19.9 Å². The summed E-state index contributed by atoms with van der Waals surface area (Å²) in [6.45, 7) is 0. The summed E-state index contributed by atoms with van der Waals surface area (Å²) in [6, 6.07) is 16.4. The van der Waals surface area contributed by atoms with Crippen molar-refractivity contribution in [2.75, 3.05) is 0 Å². The van der Waals surface area contributed by atoms with E-state index >= 15 is 0 Å². The van der Waals surface area contributed by atoms with Gasteiger partial charge >= 0.3 is 25.7 Å². The summed E-state index contributed by atoms with van der Waals surface area (Å²) in [7, 11) is 0. The van der Waals surface area contributed by atoms with Crippen molar-refractivity contribution in [2.45, 2.75) is 0 Å². The Kier molecular flexibility index (Phi) is 5.07. The molecular weight excluding hydrogens is 429 g/mol. The minimum absolute atomic E-state index is 0.939. The Morgan fingerprint density at radius 2 is 0.815 bits per heavy atom. The van der Waals surface area contributed by atoms with Crippen molar-refractivity contribution in [3.63, 3.8) is 0 Å². The molecule has 0 saturated heterocycles. The summed E-state index contributed by atoms with van der Waals surface area (Å²) in [5.41, 5.74) is 7.86. The molecule has 2 aliphatic rings. The molecule has 6 nitrogen and oxygen atoms in total. The Bertz CT molecular complexity index is 1020. The third-order valence-electron chi connectivity index (χ3n) is 4.04. The van der Waals surface area contributed by atoms with E-state index in [1.165, 1.54) is 0 Å². The van der Waals surface area contributed by atoms with Gasteiger partial charge in [0.25, 0.3) is 0 Å². The van der Waals surface area contributed by atoms with Gasteiger partial charge in [-0.1, -0.05) is 0 Å². The van der Waals surface area contributed by atoms with Crippen LogP contribution in [0.3, 0.4) is 0 Å². The van der Waals surface area contributed by atoms with Gasteiger partial charge < -0.3 is 9.97 Å². The second-order valence-electron chi connectivity index (χ2n) is 5.98. The Labute approximate surface area is 163 Å². The van der Waals surface area contributed by atoms with E-state index in [9.17, 15) is 0 Å². The third-order valence-corrected chi connectivity index (χ3v) is 4.04. The maximum absolute atomic E-state index is 7.22. The quantitative estimate of drug-likeness (QED) is 0.274. The average molecular weight is 445 g/mol. The molecular formula is C20H16N4O2Ru. The van der Waals surface area contributed by atoms with Gasteiger partial charge in [0.2, 0.25) is 0 Å². The molecule has 2 aliphatic heterocycles. The van der Waals surface area contributed by atoms with Gasteiger partial charge in [-0.15, -0.1) is 0 Å². The van der Waals surface area contributed by atoms with Crippen LogP contribution in [0.25, 0.3) is 46.4 Å². The first kappa shape index (κ1) is 17.6. The van der Waals surface area contributed by atoms with Gasteiger partial charge in [0, 0.05) is 22.1 Å². The Morgan fingerprint density at radius 1 is 0.556 bits per heavy atom. The predicted molar refractivity (Wildman–Crippen MR) is 103 cm³/mol. The molecule has 0 aliphatic carbocycles. The first-order chi connectivity index (χ1) is 13.2. The predicted octanol–water partition coefficient (Wildman–Crippen LogP) is 3.54. The van der Waals surface area contributed by atoms with Crippen LogP contribution in [0.15, 0.2) is 48.5 Å². The van der Waals surface area contributed by atoms with E-state index in [0.717, 1.165) is 44.8 Å². The first-order valence-electron chi connectivity index (χ1n) is 8.16. The van der Waals surface area contributed by atoms with E-state index in [-0.39, 0.29) is 0 Å². The number of fused-ring (bicyclic) bond motifs is 8. The molecule has 136 valence electrons. The maximum atomic E-state index is 7.22. The van der Waals surface area contributed by atoms with Crippen molar-refractivity contribution in [1.29, 1.82) is 0 Å². The molecule has 5 heterocycles. The van der Waals surface area contributed by atoms with E-state index < -0.39 is 17.8 Å². The Morgan fingerprint density at radius 3 is 1.07 bits per heavy atom. The molecule has 0 aromatic carbocycles. The fourth-order valence-electron chi connectivity index (χ4n) is 2.94. The Balaban J connectivity index is 0.000000565. The van der Waals surface area contributed by atoms with Crippen molar-refractivity contribution in [3.8, 4) is 0 Å². The number of H-pyrrole nitrogens is 2. The van der Waals surface area contributed by atoms with Crippen molar-refractivity contribution < 1.29 is 25.7 Å². The molecule has 7 heteroatoms. The molecule has 0 fully saturated rings. The first-order valence-corrected chi connectivity index (χ1v) is 9.72. The zero-order valence-electron chi connectivity index (χ0n) is 14.1. The van der Waals surface area contributed by atoms with Crippen LogP contribution in [-0.4, -0.2) is 27.8 Å². The van der Waals surface area contributed by atoms with Gasteiger partial charge in [0.05, 0.1) is 22.8 Å². The van der Waals surface area contributed by atoms with Crippen LogP contribution < -0.4 is 0 Å². The second-order valence-corrected chi connectivity index (χ2v) is 6.32. The van der Waals surface area contributed by atoms with E-state index in [2.05, 4.69) is 44.2 Å². The third kappa shape index (κ3) is 4.28. The summed E-state index contributed by atoms with van der Waals surface area (Å²) in [4.78, 5) is 16.0. The fraction of sp³-hybridized carbons (Fsp3) is 0. The molecule has 0 spiro atoms. The number of nitrogens with one attached hydrogen (secondary N) is 2. The van der Waals surface area contributed by atoms with Crippen molar-refractivity contribution in [2.24, 2.45) is 0 Å². The zero-order valence-corrected chi connectivity index (χ0v) is 15.8. The average Bonchev–Trinajstić information content (AvgIpc) is 3.41. The van der Waals surface area contributed by atoms with Crippen LogP contribution in [0.4, 0.5) is 0 Å². The van der Waals surface area contributed by atoms with E-state index in [0.29, 0.717) is 0 Å². The standard InChI is InChI=1S/C20H14N4.2H2O.Ru/c1-2-14-10-16-5-6-18(23-16)12-20-8-7-19(24-20)11-17-4-3-15(22-17)9-13(1)21-14;;;/h1-12,21,24H;2*1H2;/q;;;+2/p-2. The minimum atomic E-state index is -1.29. The van der Waals surface area contributed by atoms with E-state index in [1.54, 1.807) is 0 Å². The molecule has 0 radical (unpaired) electrons. The van der Waals surface area contributed by atoms with Gasteiger partial charge in [-0.05, 0) is 72.8 Å². The fourth-order valence-corrected chi connectivity index (χ4v) is 2.94. The van der Waals surface area contributed by atoms with Crippen LogP contribution >= 0.6 is 0 Å². The molecule has 5 rings (SSSR count). The van der Waals surface area contributed by atoms with Crippen LogP contribution in [0.5, 0.6) is 0 Å². The molecule has 4 N–H and O–H groups in total. The SMILES string of the molecule is C1=Cc2cc3ccc(cc4nc(cc5ccc(cc1n2)[nH]5)C=C4)[nH]3.[OH][Ru][OH]. The molecule has 3 aromatic rings. The molecule has 27 heavy (non-hydrogen) atoms. The molecule has 0 unspecified atom stereocenters. The van der Waals surface area contributed by atoms with Crippen molar-refractivity contribution in [3.05, 3.63) is 71.3 Å². The monoisotopic (exact) mass is 446 g/mol. The topological polar surface area (TPSA) is 97.8 Å². The van der Waals surface area contributed by atoms with Crippen molar-refractivity contribution >= 4 is 46.4 Å². The summed E-state index contributed by atoms with van der Waals surface area (Å²) in [6.07, 6.45) is 8.09. The van der Waals surface area contributed by atoms with Gasteiger partial charge in [0.15, 0.2) is 0 Å². The molecule has 0 amide bonds. The molecule has 8 bridgehead atoms. The van der Waals surface area contributed by atoms with Gasteiger partial charge in [0.1, 0.15) is 0 Å². The summed E-state index contributed by atoms with van der Waals surface area (Å²) in [5, 5.41) is 0. The summed E-state index contributed by atoms with van der Waals surface area (Å²) >= 11 is -1.29. The van der Waals surface area contributed by atoms with Crippen LogP contribution in [-0.2, 0) is 17.8 Å². The van der Waals surface area contributed by atoms with Crippen LogP contribution in [0.2, 0.25) is 0 Å². The normalized spacial score (nSPS) is 12.1. The van der Waals surface area contributed by atoms with Gasteiger partial charge in [-0.25, -0.2) is 9.97 Å². The Hall–Kier alpha value is -2.86. The molecule has 0 saturated carbocycles. The molecule has 3 aromatic heterocycles. The van der Waals surface area contributed by atoms with E-state index in [1.807, 2.05) is 48.6 Å². The number of rotatable bonds is 0. The van der Waals surface area contributed by atoms with Gasteiger partial charge in [-0.3, -0.25) is 0 Å². The number of aromatic amines is 2. The van der Waals surface area contributed by atoms with Crippen LogP contribution in [0, 0.1) is 0 Å². The van der Waals surface area contributed by atoms with Gasteiger partial charge in [-0.2, -0.15) is 0 Å². The zero-order chi connectivity index (χ0) is 18.6. The molecule has 0 atom stereocenters. The van der Waals surface area contributed by atoms with Crippen LogP contribution in [0.1, 0.15) is 22.8 Å². The number of aromatic nitrogens is 4. The number of nitrogens with zero attached hydrogens (tertiary/aromatic N) is 2. The summed E-state index contributed by atoms with van der Waals surface area (Å²) < 4.78 is 14.4. The number of hydrogen-bond acceptors (Lipinski definition) is 4. The van der Waals surface area contributed by atoms with E-state index in [4.69, 9.17) is 7.87 Å². The number of hydrogen-bond donors (Lipinski definition) is 4.